The van der Waals surface area contributed by atoms with E-state index in [2.05, 4.69) is 4.90 Å². The third-order valence-electron chi connectivity index (χ3n) is 3.67. The number of nitrogens with two attached hydrogens (primary N) is 1. The fourth-order valence-electron chi connectivity index (χ4n) is 2.63. The van der Waals surface area contributed by atoms with Crippen LogP contribution in [-0.2, 0) is 9.53 Å². The number of hydrogen-bond donors (Lipinski definition) is 1. The lowest BCUT2D eigenvalue weighted by Gasteiger charge is -2.28. The molecule has 0 aromatic rings. The molecular formula is C12H23N3O2. The number of carbonyl (C=O) groups is 1. The SMILES string of the molecule is NCCC1CCN(CC(=O)N2CCOCC2)C1. The quantitative estimate of drug-likeness (QED) is 0.722. The van der Waals surface area contributed by atoms with E-state index in [4.69, 9.17) is 10.5 Å². The van der Waals surface area contributed by atoms with Crippen molar-refractivity contribution in [3.05, 3.63) is 0 Å². The summed E-state index contributed by atoms with van der Waals surface area (Å²) in [6.45, 7) is 6.27. The summed E-state index contributed by atoms with van der Waals surface area (Å²) in [5.41, 5.74) is 5.56. The predicted octanol–water partition coefficient (Wildman–Crippen LogP) is -0.484. The van der Waals surface area contributed by atoms with Crippen molar-refractivity contribution in [1.82, 2.24) is 9.80 Å². The first-order valence-corrected chi connectivity index (χ1v) is 6.57. The second-order valence-electron chi connectivity index (χ2n) is 4.96. The fraction of sp³-hybridized carbons (Fsp3) is 0.917. The maximum absolute atomic E-state index is 12.0. The minimum absolute atomic E-state index is 0.252. The van der Waals surface area contributed by atoms with Crippen molar-refractivity contribution in [2.45, 2.75) is 12.8 Å². The molecule has 0 aromatic heterocycles. The Kier molecular flexibility index (Phi) is 4.76. The summed E-state index contributed by atoms with van der Waals surface area (Å²) in [5, 5.41) is 0. The Balaban J connectivity index is 1.71. The van der Waals surface area contributed by atoms with Gasteiger partial charge in [0.05, 0.1) is 19.8 Å². The topological polar surface area (TPSA) is 58.8 Å². The first-order valence-electron chi connectivity index (χ1n) is 6.57. The van der Waals surface area contributed by atoms with Crippen LogP contribution in [0.1, 0.15) is 12.8 Å². The maximum atomic E-state index is 12.0. The van der Waals surface area contributed by atoms with Gasteiger partial charge in [0.25, 0.3) is 0 Å². The van der Waals surface area contributed by atoms with Gasteiger partial charge in [0, 0.05) is 19.6 Å². The smallest absolute Gasteiger partial charge is 0.236 e. The summed E-state index contributed by atoms with van der Waals surface area (Å²) in [6, 6.07) is 0. The second kappa shape index (κ2) is 6.33. The molecule has 2 saturated heterocycles. The molecule has 2 rings (SSSR count). The van der Waals surface area contributed by atoms with Crippen LogP contribution in [0, 0.1) is 5.92 Å². The van der Waals surface area contributed by atoms with Gasteiger partial charge in [-0.25, -0.2) is 0 Å². The van der Waals surface area contributed by atoms with Gasteiger partial charge in [-0.2, -0.15) is 0 Å². The fourth-order valence-corrected chi connectivity index (χ4v) is 2.63. The molecule has 2 aliphatic rings. The number of carbonyl (C=O) groups excluding carboxylic acids is 1. The van der Waals surface area contributed by atoms with E-state index in [1.54, 1.807) is 0 Å². The average Bonchev–Trinajstić information content (AvgIpc) is 2.78. The number of amides is 1. The standard InChI is InChI=1S/C12H23N3O2/c13-3-1-11-2-4-14(9-11)10-12(16)15-5-7-17-8-6-15/h11H,1-10,13H2. The molecule has 5 nitrogen and oxygen atoms in total. The van der Waals surface area contributed by atoms with E-state index in [-0.39, 0.29) is 5.91 Å². The molecule has 0 saturated carbocycles. The van der Waals surface area contributed by atoms with Crippen LogP contribution in [0.5, 0.6) is 0 Å². The van der Waals surface area contributed by atoms with Crippen molar-refractivity contribution < 1.29 is 9.53 Å². The van der Waals surface area contributed by atoms with Gasteiger partial charge in [0.1, 0.15) is 0 Å². The molecule has 0 bridgehead atoms. The number of hydrogen-bond acceptors (Lipinski definition) is 4. The molecule has 0 spiro atoms. The number of rotatable bonds is 4. The molecule has 0 radical (unpaired) electrons. The minimum Gasteiger partial charge on any atom is -0.378 e. The largest absolute Gasteiger partial charge is 0.378 e. The van der Waals surface area contributed by atoms with Crippen LogP contribution in [0.2, 0.25) is 0 Å². The van der Waals surface area contributed by atoms with Gasteiger partial charge in [-0.05, 0) is 31.8 Å². The third kappa shape index (κ3) is 3.66. The molecule has 2 heterocycles. The molecule has 98 valence electrons. The lowest BCUT2D eigenvalue weighted by Crippen LogP contribution is -2.45. The van der Waals surface area contributed by atoms with Crippen molar-refractivity contribution in [2.75, 3.05) is 52.5 Å². The van der Waals surface area contributed by atoms with Crippen LogP contribution in [0.25, 0.3) is 0 Å². The third-order valence-corrected chi connectivity index (χ3v) is 3.67. The lowest BCUT2D eigenvalue weighted by atomic mass is 10.1. The second-order valence-corrected chi connectivity index (χ2v) is 4.96. The van der Waals surface area contributed by atoms with Crippen molar-refractivity contribution in [2.24, 2.45) is 11.7 Å². The highest BCUT2D eigenvalue weighted by Gasteiger charge is 2.25. The Morgan fingerprint density at radius 2 is 2.06 bits per heavy atom. The van der Waals surface area contributed by atoms with E-state index >= 15 is 0 Å². The van der Waals surface area contributed by atoms with E-state index in [1.807, 2.05) is 4.90 Å². The molecule has 2 aliphatic heterocycles. The lowest BCUT2D eigenvalue weighted by molar-refractivity contribution is -0.136. The summed E-state index contributed by atoms with van der Waals surface area (Å²) in [7, 11) is 0. The van der Waals surface area contributed by atoms with Gasteiger partial charge in [-0.3, -0.25) is 9.69 Å². The number of likely N-dealkylation sites (tertiary alicyclic amines) is 1. The zero-order chi connectivity index (χ0) is 12.1. The summed E-state index contributed by atoms with van der Waals surface area (Å²) < 4.78 is 5.25. The molecule has 1 atom stereocenters. The summed E-state index contributed by atoms with van der Waals surface area (Å²) >= 11 is 0. The molecule has 5 heteroatoms. The van der Waals surface area contributed by atoms with Crippen molar-refractivity contribution in [3.63, 3.8) is 0 Å². The highest BCUT2D eigenvalue weighted by atomic mass is 16.5. The monoisotopic (exact) mass is 241 g/mol. The van der Waals surface area contributed by atoms with Gasteiger partial charge in [-0.1, -0.05) is 0 Å². The molecule has 1 amide bonds. The highest BCUT2D eigenvalue weighted by molar-refractivity contribution is 5.78. The number of nitrogens with zero attached hydrogens (tertiary/aromatic N) is 2. The Hall–Kier alpha value is -0.650. The maximum Gasteiger partial charge on any atom is 0.236 e. The first-order chi connectivity index (χ1) is 8.29. The zero-order valence-electron chi connectivity index (χ0n) is 10.4. The Bertz CT molecular complexity index is 254. The molecule has 0 aromatic carbocycles. The van der Waals surface area contributed by atoms with Gasteiger partial charge in [0.2, 0.25) is 5.91 Å². The van der Waals surface area contributed by atoms with Crippen LogP contribution in [0.4, 0.5) is 0 Å². The first kappa shape index (κ1) is 12.8. The Morgan fingerprint density at radius 3 is 2.76 bits per heavy atom. The molecule has 1 unspecified atom stereocenters. The highest BCUT2D eigenvalue weighted by Crippen LogP contribution is 2.18. The normalized spacial score (nSPS) is 26.4. The molecule has 2 fully saturated rings. The van der Waals surface area contributed by atoms with E-state index in [1.165, 1.54) is 6.42 Å². The van der Waals surface area contributed by atoms with Crippen molar-refractivity contribution >= 4 is 5.91 Å². The summed E-state index contributed by atoms with van der Waals surface area (Å²) in [6.07, 6.45) is 2.27. The number of morpholine rings is 1. The van der Waals surface area contributed by atoms with Crippen LogP contribution in [0.3, 0.4) is 0 Å². The van der Waals surface area contributed by atoms with Crippen LogP contribution < -0.4 is 5.73 Å². The number of ether oxygens (including phenoxy) is 1. The zero-order valence-corrected chi connectivity index (χ0v) is 10.4. The average molecular weight is 241 g/mol. The van der Waals surface area contributed by atoms with Crippen LogP contribution in [0.15, 0.2) is 0 Å². The minimum atomic E-state index is 0.252. The summed E-state index contributed by atoms with van der Waals surface area (Å²) in [5.74, 6) is 0.944. The van der Waals surface area contributed by atoms with Gasteiger partial charge >= 0.3 is 0 Å². The molecular weight excluding hydrogens is 218 g/mol. The molecule has 17 heavy (non-hydrogen) atoms. The predicted molar refractivity (Wildman–Crippen MR) is 65.6 cm³/mol. The Labute approximate surface area is 103 Å². The van der Waals surface area contributed by atoms with Gasteiger partial charge in [0.15, 0.2) is 0 Å². The van der Waals surface area contributed by atoms with Crippen LogP contribution >= 0.6 is 0 Å². The Morgan fingerprint density at radius 1 is 1.29 bits per heavy atom. The van der Waals surface area contributed by atoms with Gasteiger partial charge in [-0.15, -0.1) is 0 Å². The van der Waals surface area contributed by atoms with Crippen molar-refractivity contribution in [1.29, 1.82) is 0 Å². The van der Waals surface area contributed by atoms with E-state index < -0.39 is 0 Å². The molecule has 2 N–H and O–H groups in total. The van der Waals surface area contributed by atoms with Crippen LogP contribution in [-0.4, -0.2) is 68.2 Å². The molecule has 0 aliphatic carbocycles. The van der Waals surface area contributed by atoms with E-state index in [0.717, 1.165) is 39.1 Å². The van der Waals surface area contributed by atoms with Gasteiger partial charge < -0.3 is 15.4 Å². The van der Waals surface area contributed by atoms with E-state index in [9.17, 15) is 4.79 Å². The van der Waals surface area contributed by atoms with E-state index in [0.29, 0.717) is 25.7 Å². The summed E-state index contributed by atoms with van der Waals surface area (Å²) in [4.78, 5) is 16.2. The van der Waals surface area contributed by atoms with Crippen molar-refractivity contribution in [3.8, 4) is 0 Å².